The summed E-state index contributed by atoms with van der Waals surface area (Å²) in [7, 11) is -2.07. The highest BCUT2D eigenvalue weighted by Gasteiger charge is 2.37. The lowest BCUT2D eigenvalue weighted by Crippen LogP contribution is -2.57. The normalized spacial score (nSPS) is 19.7. The molecule has 2 atom stereocenters. The summed E-state index contributed by atoms with van der Waals surface area (Å²) < 4.78 is 31.8. The molecule has 0 saturated carbocycles. The molecule has 4 heterocycles. The van der Waals surface area contributed by atoms with Crippen molar-refractivity contribution in [2.75, 3.05) is 32.7 Å². The number of piperazine rings is 1. The smallest absolute Gasteiger partial charge is 0.407 e. The Morgan fingerprint density at radius 3 is 2.39 bits per heavy atom. The second kappa shape index (κ2) is 12.2. The summed E-state index contributed by atoms with van der Waals surface area (Å²) >= 11 is 0. The lowest BCUT2D eigenvalue weighted by atomic mass is 10.0. The number of nitrogens with zero attached hydrogens (tertiary/aromatic N) is 7. The van der Waals surface area contributed by atoms with E-state index in [0.29, 0.717) is 25.1 Å². The second-order valence-corrected chi connectivity index (χ2v) is 13.2. The van der Waals surface area contributed by atoms with Crippen molar-refractivity contribution in [2.24, 2.45) is 7.05 Å². The minimum atomic E-state index is -3.75. The first-order valence-electron chi connectivity index (χ1n) is 14.7. The van der Waals surface area contributed by atoms with E-state index in [1.807, 2.05) is 65.2 Å². The molecule has 2 saturated heterocycles. The fourth-order valence-corrected chi connectivity index (χ4v) is 7.72. The van der Waals surface area contributed by atoms with E-state index in [2.05, 4.69) is 10.1 Å². The fraction of sp³-hybridized carbons (Fsp3) is 0.355. The van der Waals surface area contributed by atoms with Crippen LogP contribution in [0.4, 0.5) is 4.79 Å². The number of carbonyl (C=O) groups excluding carboxylic acids is 1. The van der Waals surface area contributed by atoms with Gasteiger partial charge in [-0.25, -0.2) is 18.2 Å². The number of amides is 2. The minimum absolute atomic E-state index is 0.149. The molecule has 0 aliphatic carbocycles. The molecule has 2 amide bonds. The summed E-state index contributed by atoms with van der Waals surface area (Å²) in [5.74, 6) is -0.274. The van der Waals surface area contributed by atoms with Crippen molar-refractivity contribution in [3.8, 4) is 11.3 Å². The third kappa shape index (κ3) is 5.84. The maximum atomic E-state index is 14.3. The second-order valence-electron chi connectivity index (χ2n) is 11.3. The van der Waals surface area contributed by atoms with Gasteiger partial charge in [0.05, 0.1) is 24.3 Å². The molecule has 2 fully saturated rings. The van der Waals surface area contributed by atoms with Crippen LogP contribution in [0.25, 0.3) is 11.3 Å². The van der Waals surface area contributed by atoms with Gasteiger partial charge >= 0.3 is 6.09 Å². The molecule has 4 aromatic rings. The Hall–Kier alpha value is -4.49. The summed E-state index contributed by atoms with van der Waals surface area (Å²) in [6, 6.07) is 18.6. The van der Waals surface area contributed by atoms with Gasteiger partial charge in [0.2, 0.25) is 10.0 Å². The first-order chi connectivity index (χ1) is 21.2. The van der Waals surface area contributed by atoms with Crippen molar-refractivity contribution < 1.29 is 23.1 Å². The van der Waals surface area contributed by atoms with Crippen LogP contribution in [0.1, 0.15) is 34.9 Å². The van der Waals surface area contributed by atoms with E-state index in [1.165, 1.54) is 26.3 Å². The van der Waals surface area contributed by atoms with Gasteiger partial charge in [-0.15, -0.1) is 0 Å². The zero-order valence-corrected chi connectivity index (χ0v) is 25.3. The van der Waals surface area contributed by atoms with E-state index in [9.17, 15) is 23.1 Å². The standard InChI is InChI=1S/C31H35N7O5S/c1-34-21-27(18-33-34)44(42,43)36-14-8-13-25(20-36)38-22-32-28(29(38)24-11-6-3-7-12-24)30(39)37-16-15-35(31(40)41)19-26(37)17-23-9-4-2-5-10-23/h2-7,9-12,18,21-22,25-26H,8,13-17,19-20H2,1H3,(H,40,41). The molecule has 13 heteroatoms. The lowest BCUT2D eigenvalue weighted by molar-refractivity contribution is 0.0447. The number of hydrogen-bond acceptors (Lipinski definition) is 6. The van der Waals surface area contributed by atoms with E-state index in [1.54, 1.807) is 18.3 Å². The molecule has 0 spiro atoms. The van der Waals surface area contributed by atoms with Crippen LogP contribution >= 0.6 is 0 Å². The largest absolute Gasteiger partial charge is 0.465 e. The summed E-state index contributed by atoms with van der Waals surface area (Å²) in [4.78, 5) is 34.1. The highest BCUT2D eigenvalue weighted by Crippen LogP contribution is 2.33. The molecule has 2 aliphatic rings. The maximum absolute atomic E-state index is 14.3. The molecule has 2 aromatic heterocycles. The van der Waals surface area contributed by atoms with Crippen molar-refractivity contribution in [3.05, 3.63) is 90.6 Å². The molecule has 6 rings (SSSR count). The van der Waals surface area contributed by atoms with Crippen LogP contribution in [0.3, 0.4) is 0 Å². The fourth-order valence-electron chi connectivity index (χ4n) is 6.22. The van der Waals surface area contributed by atoms with Gasteiger partial charge in [0.25, 0.3) is 5.91 Å². The van der Waals surface area contributed by atoms with Gasteiger partial charge < -0.3 is 19.5 Å². The lowest BCUT2D eigenvalue weighted by Gasteiger charge is -2.40. The maximum Gasteiger partial charge on any atom is 0.407 e. The third-order valence-electron chi connectivity index (χ3n) is 8.44. The number of piperidine rings is 1. The first kappa shape index (κ1) is 29.6. The van der Waals surface area contributed by atoms with Crippen molar-refractivity contribution in [1.29, 1.82) is 0 Å². The van der Waals surface area contributed by atoms with Gasteiger partial charge in [-0.05, 0) is 24.8 Å². The molecule has 230 valence electrons. The Bertz CT molecular complexity index is 1740. The molecular weight excluding hydrogens is 582 g/mol. The highest BCUT2D eigenvalue weighted by molar-refractivity contribution is 7.89. The van der Waals surface area contributed by atoms with Crippen LogP contribution in [0.2, 0.25) is 0 Å². The van der Waals surface area contributed by atoms with Crippen LogP contribution in [0.5, 0.6) is 0 Å². The monoisotopic (exact) mass is 617 g/mol. The number of imidazole rings is 1. The number of sulfonamides is 1. The molecule has 2 aromatic carbocycles. The molecule has 0 bridgehead atoms. The van der Waals surface area contributed by atoms with Crippen molar-refractivity contribution in [3.63, 3.8) is 0 Å². The van der Waals surface area contributed by atoms with Gasteiger partial charge in [-0.3, -0.25) is 9.48 Å². The van der Waals surface area contributed by atoms with Crippen LogP contribution in [-0.2, 0) is 23.5 Å². The van der Waals surface area contributed by atoms with Crippen LogP contribution in [0, 0.1) is 0 Å². The van der Waals surface area contributed by atoms with Crippen molar-refractivity contribution in [1.82, 2.24) is 33.4 Å². The third-order valence-corrected chi connectivity index (χ3v) is 10.3. The van der Waals surface area contributed by atoms with Crippen LogP contribution < -0.4 is 0 Å². The predicted molar refractivity (Wildman–Crippen MR) is 162 cm³/mol. The number of hydrogen-bond donors (Lipinski definition) is 1. The predicted octanol–water partition coefficient (Wildman–Crippen LogP) is 3.36. The number of rotatable bonds is 7. The number of carboxylic acid groups (broad SMARTS) is 1. The van der Waals surface area contributed by atoms with Gasteiger partial charge in [-0.1, -0.05) is 60.7 Å². The van der Waals surface area contributed by atoms with Crippen LogP contribution in [0.15, 0.2) is 84.3 Å². The molecule has 1 N–H and O–H groups in total. The van der Waals surface area contributed by atoms with Crippen molar-refractivity contribution in [2.45, 2.75) is 36.2 Å². The Morgan fingerprint density at radius 1 is 0.977 bits per heavy atom. The topological polar surface area (TPSA) is 134 Å². The van der Waals surface area contributed by atoms with Gasteiger partial charge in [0.15, 0.2) is 5.69 Å². The average Bonchev–Trinajstić information content (AvgIpc) is 3.69. The number of aromatic nitrogens is 4. The van der Waals surface area contributed by atoms with E-state index >= 15 is 0 Å². The molecular formula is C31H35N7O5S. The Morgan fingerprint density at radius 2 is 1.70 bits per heavy atom. The van der Waals surface area contributed by atoms with Crippen molar-refractivity contribution >= 4 is 22.0 Å². The quantitative estimate of drug-likeness (QED) is 0.336. The van der Waals surface area contributed by atoms with E-state index < -0.39 is 16.1 Å². The number of aryl methyl sites for hydroxylation is 1. The average molecular weight is 618 g/mol. The van der Waals surface area contributed by atoms with Gasteiger partial charge in [-0.2, -0.15) is 9.40 Å². The van der Waals surface area contributed by atoms with Crippen LogP contribution in [-0.4, -0.2) is 97.7 Å². The van der Waals surface area contributed by atoms with E-state index in [-0.39, 0.29) is 54.8 Å². The molecule has 2 unspecified atom stereocenters. The molecule has 0 radical (unpaired) electrons. The Labute approximate surface area is 256 Å². The van der Waals surface area contributed by atoms with Gasteiger partial charge in [0.1, 0.15) is 4.90 Å². The minimum Gasteiger partial charge on any atom is -0.465 e. The molecule has 2 aliphatic heterocycles. The number of carbonyl (C=O) groups is 2. The Kier molecular flexibility index (Phi) is 8.23. The summed E-state index contributed by atoms with van der Waals surface area (Å²) in [6.07, 6.45) is 5.36. The zero-order valence-electron chi connectivity index (χ0n) is 24.4. The SMILES string of the molecule is Cn1cc(S(=O)(=O)N2CCCC(n3cnc(C(=O)N4CCN(C(=O)O)CC4Cc4ccccc4)c3-c3ccccc3)C2)cn1. The summed E-state index contributed by atoms with van der Waals surface area (Å²) in [5, 5.41) is 13.8. The highest BCUT2D eigenvalue weighted by atomic mass is 32.2. The summed E-state index contributed by atoms with van der Waals surface area (Å²) in [5.41, 5.74) is 2.70. The van der Waals surface area contributed by atoms with Gasteiger partial charge in [0, 0.05) is 57.6 Å². The zero-order chi connectivity index (χ0) is 30.8. The Balaban J connectivity index is 1.34. The molecule has 12 nitrogen and oxygen atoms in total. The van der Waals surface area contributed by atoms with E-state index in [0.717, 1.165) is 17.5 Å². The first-order valence-corrected chi connectivity index (χ1v) is 16.1. The molecule has 44 heavy (non-hydrogen) atoms. The van der Waals surface area contributed by atoms with E-state index in [4.69, 9.17) is 0 Å². The summed E-state index contributed by atoms with van der Waals surface area (Å²) in [6.45, 7) is 1.27. The number of benzene rings is 2.